The molecule has 21 heavy (non-hydrogen) atoms. The first kappa shape index (κ1) is 16.1. The summed E-state index contributed by atoms with van der Waals surface area (Å²) in [5, 5.41) is 4.55. The topological polar surface area (TPSA) is 47.2 Å². The van der Waals surface area contributed by atoms with E-state index in [2.05, 4.69) is 25.4 Å². The summed E-state index contributed by atoms with van der Waals surface area (Å²) in [6, 6.07) is 9.77. The number of aromatic nitrogens is 2. The molecule has 0 saturated carbocycles. The van der Waals surface area contributed by atoms with Gasteiger partial charge in [0.25, 0.3) is 0 Å². The lowest BCUT2D eigenvalue weighted by atomic mass is 10.3. The van der Waals surface area contributed by atoms with Crippen molar-refractivity contribution in [3.8, 4) is 5.69 Å². The molecule has 0 radical (unpaired) electrons. The zero-order chi connectivity index (χ0) is 15.4. The molecule has 0 amide bonds. The SMILES string of the molecule is CC[C@@H](C)S(=O)N=C(C)c1ccn(-c2cccc(Br)c2)n1. The zero-order valence-electron chi connectivity index (χ0n) is 12.3. The van der Waals surface area contributed by atoms with Crippen molar-refractivity contribution in [2.45, 2.75) is 32.4 Å². The van der Waals surface area contributed by atoms with Gasteiger partial charge in [0.2, 0.25) is 0 Å². The standard InChI is InChI=1S/C15H18BrN3OS/c1-4-11(2)21(20)18-12(3)15-8-9-19(17-15)14-7-5-6-13(16)10-14/h5-11H,4H2,1-3H3/t11-,21?/m1/s1. The summed E-state index contributed by atoms with van der Waals surface area (Å²) >= 11 is 3.45. The van der Waals surface area contributed by atoms with Crippen LogP contribution < -0.4 is 0 Å². The molecule has 4 nitrogen and oxygen atoms in total. The minimum atomic E-state index is -1.20. The normalized spacial score (nSPS) is 15.0. The van der Waals surface area contributed by atoms with E-state index < -0.39 is 11.0 Å². The van der Waals surface area contributed by atoms with Gasteiger partial charge in [-0.15, -0.1) is 0 Å². The van der Waals surface area contributed by atoms with Gasteiger partial charge in [0, 0.05) is 10.7 Å². The molecule has 0 fully saturated rings. The third kappa shape index (κ3) is 4.11. The highest BCUT2D eigenvalue weighted by Crippen LogP contribution is 2.15. The van der Waals surface area contributed by atoms with Crippen LogP contribution in [0.2, 0.25) is 0 Å². The van der Waals surface area contributed by atoms with Crippen LogP contribution in [0.3, 0.4) is 0 Å². The Morgan fingerprint density at radius 2 is 2.24 bits per heavy atom. The predicted molar refractivity (Wildman–Crippen MR) is 91.4 cm³/mol. The van der Waals surface area contributed by atoms with Gasteiger partial charge >= 0.3 is 0 Å². The van der Waals surface area contributed by atoms with Gasteiger partial charge < -0.3 is 0 Å². The van der Waals surface area contributed by atoms with Crippen LogP contribution in [0.1, 0.15) is 32.9 Å². The number of halogens is 1. The first-order valence-corrected chi connectivity index (χ1v) is 8.75. The monoisotopic (exact) mass is 367 g/mol. The van der Waals surface area contributed by atoms with E-state index in [0.717, 1.165) is 22.3 Å². The van der Waals surface area contributed by atoms with E-state index in [4.69, 9.17) is 0 Å². The highest BCUT2D eigenvalue weighted by Gasteiger charge is 2.10. The minimum Gasteiger partial charge on any atom is -0.240 e. The smallest absolute Gasteiger partial charge is 0.142 e. The van der Waals surface area contributed by atoms with Crippen LogP contribution in [0.25, 0.3) is 5.69 Å². The summed E-state index contributed by atoms with van der Waals surface area (Å²) in [5.41, 5.74) is 2.40. The molecular formula is C15H18BrN3OS. The lowest BCUT2D eigenvalue weighted by Crippen LogP contribution is -2.09. The molecule has 1 aromatic heterocycles. The highest BCUT2D eigenvalue weighted by atomic mass is 79.9. The van der Waals surface area contributed by atoms with E-state index in [1.807, 2.05) is 57.3 Å². The van der Waals surface area contributed by atoms with E-state index in [-0.39, 0.29) is 5.25 Å². The van der Waals surface area contributed by atoms with Gasteiger partial charge in [-0.3, -0.25) is 0 Å². The van der Waals surface area contributed by atoms with Crippen LogP contribution in [0.5, 0.6) is 0 Å². The predicted octanol–water partition coefficient (Wildman–Crippen LogP) is 3.91. The second-order valence-electron chi connectivity index (χ2n) is 4.80. The summed E-state index contributed by atoms with van der Waals surface area (Å²) in [6.07, 6.45) is 2.72. The Balaban J connectivity index is 2.24. The van der Waals surface area contributed by atoms with E-state index >= 15 is 0 Å². The molecule has 112 valence electrons. The Morgan fingerprint density at radius 1 is 1.48 bits per heavy atom. The van der Waals surface area contributed by atoms with Crippen molar-refractivity contribution >= 4 is 32.6 Å². The molecule has 0 aliphatic carbocycles. The van der Waals surface area contributed by atoms with Crippen molar-refractivity contribution < 1.29 is 4.21 Å². The fraction of sp³-hybridized carbons (Fsp3) is 0.333. The molecule has 0 bridgehead atoms. The second-order valence-corrected chi connectivity index (χ2v) is 7.25. The maximum absolute atomic E-state index is 12.0. The lowest BCUT2D eigenvalue weighted by Gasteiger charge is -2.04. The molecule has 0 N–H and O–H groups in total. The average Bonchev–Trinajstić information content (AvgIpc) is 2.96. The first-order valence-electron chi connectivity index (χ1n) is 6.79. The largest absolute Gasteiger partial charge is 0.240 e. The Bertz CT molecular complexity index is 681. The Morgan fingerprint density at radius 3 is 2.90 bits per heavy atom. The first-order chi connectivity index (χ1) is 10.0. The summed E-state index contributed by atoms with van der Waals surface area (Å²) in [7, 11) is -1.20. The fourth-order valence-corrected chi connectivity index (χ4v) is 2.91. The highest BCUT2D eigenvalue weighted by molar-refractivity contribution is 9.10. The third-order valence-corrected chi connectivity index (χ3v) is 5.15. The molecule has 0 aliphatic rings. The summed E-state index contributed by atoms with van der Waals surface area (Å²) in [5.74, 6) is 0. The van der Waals surface area contributed by atoms with Gasteiger partial charge in [-0.1, -0.05) is 28.9 Å². The van der Waals surface area contributed by atoms with Gasteiger partial charge in [0.15, 0.2) is 0 Å². The molecule has 2 rings (SSSR count). The van der Waals surface area contributed by atoms with Crippen molar-refractivity contribution in [1.82, 2.24) is 9.78 Å². The van der Waals surface area contributed by atoms with Crippen LogP contribution in [-0.2, 0) is 11.0 Å². The minimum absolute atomic E-state index is 0.0621. The molecule has 1 unspecified atom stereocenters. The van der Waals surface area contributed by atoms with Crippen LogP contribution in [-0.4, -0.2) is 25.0 Å². The molecule has 0 spiro atoms. The van der Waals surface area contributed by atoms with Gasteiger partial charge in [-0.2, -0.15) is 9.50 Å². The second kappa shape index (κ2) is 7.13. The molecule has 2 aromatic rings. The maximum Gasteiger partial charge on any atom is 0.142 e. The quantitative estimate of drug-likeness (QED) is 0.752. The third-order valence-electron chi connectivity index (χ3n) is 3.18. The maximum atomic E-state index is 12.0. The van der Waals surface area contributed by atoms with E-state index in [9.17, 15) is 4.21 Å². The Hall–Kier alpha value is -1.27. The number of hydrogen-bond donors (Lipinski definition) is 0. The van der Waals surface area contributed by atoms with Crippen molar-refractivity contribution in [2.75, 3.05) is 0 Å². The van der Waals surface area contributed by atoms with E-state index in [1.165, 1.54) is 0 Å². The Kier molecular flexibility index (Phi) is 5.47. The van der Waals surface area contributed by atoms with Crippen LogP contribution in [0.15, 0.2) is 45.4 Å². The van der Waals surface area contributed by atoms with E-state index in [0.29, 0.717) is 5.71 Å². The van der Waals surface area contributed by atoms with Crippen molar-refractivity contribution in [3.05, 3.63) is 46.7 Å². The molecule has 2 atom stereocenters. The molecule has 0 saturated heterocycles. The van der Waals surface area contributed by atoms with Gasteiger partial charge in [-0.05, 0) is 44.5 Å². The van der Waals surface area contributed by atoms with Crippen LogP contribution in [0, 0.1) is 0 Å². The molecule has 0 aliphatic heterocycles. The molecular weight excluding hydrogens is 350 g/mol. The van der Waals surface area contributed by atoms with Gasteiger partial charge in [0.1, 0.15) is 16.7 Å². The number of hydrogen-bond acceptors (Lipinski definition) is 2. The summed E-state index contributed by atoms with van der Waals surface area (Å²) < 4.78 is 19.0. The van der Waals surface area contributed by atoms with E-state index in [1.54, 1.807) is 4.68 Å². The summed E-state index contributed by atoms with van der Waals surface area (Å²) in [6.45, 7) is 5.79. The van der Waals surface area contributed by atoms with Gasteiger partial charge in [0.05, 0.1) is 16.6 Å². The summed E-state index contributed by atoms with van der Waals surface area (Å²) in [4.78, 5) is 0. The van der Waals surface area contributed by atoms with Crippen molar-refractivity contribution in [2.24, 2.45) is 4.40 Å². The molecule has 1 aromatic carbocycles. The average molecular weight is 368 g/mol. The van der Waals surface area contributed by atoms with Crippen LogP contribution >= 0.6 is 15.9 Å². The van der Waals surface area contributed by atoms with Crippen LogP contribution in [0.4, 0.5) is 0 Å². The van der Waals surface area contributed by atoms with Crippen molar-refractivity contribution in [3.63, 3.8) is 0 Å². The molecule has 1 heterocycles. The van der Waals surface area contributed by atoms with Crippen molar-refractivity contribution in [1.29, 1.82) is 0 Å². The zero-order valence-corrected chi connectivity index (χ0v) is 14.7. The fourth-order valence-electron chi connectivity index (χ4n) is 1.69. The molecule has 6 heteroatoms. The van der Waals surface area contributed by atoms with Gasteiger partial charge in [-0.25, -0.2) is 8.89 Å². The lowest BCUT2D eigenvalue weighted by molar-refractivity contribution is 0.672. The Labute approximate surface area is 136 Å². The number of rotatable bonds is 5. The number of benzene rings is 1. The number of nitrogens with zero attached hydrogens (tertiary/aromatic N) is 3.